The molecule has 0 aliphatic rings. The monoisotopic (exact) mass is 318 g/mol. The minimum Gasteiger partial charge on any atom is -0.382 e. The SMILES string of the molecule is CCOCCCNC(=S)N(C)Cc1c(Cl)cnn1CC. The van der Waals surface area contributed by atoms with Gasteiger partial charge < -0.3 is 15.0 Å². The number of halogens is 1. The van der Waals surface area contributed by atoms with Crippen LogP contribution in [0.4, 0.5) is 0 Å². The van der Waals surface area contributed by atoms with Crippen molar-refractivity contribution in [3.63, 3.8) is 0 Å². The van der Waals surface area contributed by atoms with Crippen LogP contribution in [0.5, 0.6) is 0 Å². The zero-order chi connectivity index (χ0) is 15.0. The summed E-state index contributed by atoms with van der Waals surface area (Å²) < 4.78 is 7.17. The normalized spacial score (nSPS) is 10.6. The summed E-state index contributed by atoms with van der Waals surface area (Å²) >= 11 is 11.5. The zero-order valence-electron chi connectivity index (χ0n) is 12.4. The van der Waals surface area contributed by atoms with Gasteiger partial charge in [-0.05, 0) is 32.5 Å². The van der Waals surface area contributed by atoms with Gasteiger partial charge in [0.1, 0.15) is 0 Å². The van der Waals surface area contributed by atoms with Crippen LogP contribution in [0.3, 0.4) is 0 Å². The van der Waals surface area contributed by atoms with Crippen LogP contribution in [0.25, 0.3) is 0 Å². The molecule has 0 aromatic carbocycles. The minimum atomic E-state index is 0.643. The third kappa shape index (κ3) is 5.26. The fraction of sp³-hybridized carbons (Fsp3) is 0.692. The lowest BCUT2D eigenvalue weighted by Gasteiger charge is -2.21. The lowest BCUT2D eigenvalue weighted by molar-refractivity contribution is 0.145. The number of thiocarbonyl (C=S) groups is 1. The van der Waals surface area contributed by atoms with E-state index in [1.807, 2.05) is 30.5 Å². The van der Waals surface area contributed by atoms with Gasteiger partial charge in [0.15, 0.2) is 5.11 Å². The Balaban J connectivity index is 2.39. The first-order valence-electron chi connectivity index (χ1n) is 6.87. The molecule has 1 aromatic rings. The number of aromatic nitrogens is 2. The van der Waals surface area contributed by atoms with E-state index in [0.29, 0.717) is 16.7 Å². The first kappa shape index (κ1) is 17.2. The van der Waals surface area contributed by atoms with Gasteiger partial charge in [0, 0.05) is 33.4 Å². The van der Waals surface area contributed by atoms with Gasteiger partial charge in [-0.3, -0.25) is 4.68 Å². The summed E-state index contributed by atoms with van der Waals surface area (Å²) in [5, 5.41) is 8.82. The highest BCUT2D eigenvalue weighted by Gasteiger charge is 2.12. The van der Waals surface area contributed by atoms with Crippen molar-refractivity contribution in [2.24, 2.45) is 0 Å². The molecule has 0 radical (unpaired) electrons. The van der Waals surface area contributed by atoms with E-state index in [-0.39, 0.29) is 0 Å². The average molecular weight is 319 g/mol. The Labute approximate surface area is 131 Å². The molecule has 1 heterocycles. The smallest absolute Gasteiger partial charge is 0.169 e. The molecule has 0 aliphatic heterocycles. The lowest BCUT2D eigenvalue weighted by Crippen LogP contribution is -2.37. The Morgan fingerprint density at radius 1 is 1.55 bits per heavy atom. The maximum absolute atomic E-state index is 6.14. The van der Waals surface area contributed by atoms with Crippen LogP contribution in [0.1, 0.15) is 26.0 Å². The van der Waals surface area contributed by atoms with E-state index < -0.39 is 0 Å². The predicted molar refractivity (Wildman–Crippen MR) is 86.1 cm³/mol. The Hall–Kier alpha value is -0.850. The molecule has 5 nitrogen and oxygen atoms in total. The highest BCUT2D eigenvalue weighted by atomic mass is 35.5. The minimum absolute atomic E-state index is 0.643. The second-order valence-electron chi connectivity index (χ2n) is 4.39. The Bertz CT molecular complexity index is 425. The van der Waals surface area contributed by atoms with Crippen LogP contribution in [0, 0.1) is 0 Å². The van der Waals surface area contributed by atoms with Gasteiger partial charge in [0.05, 0.1) is 23.5 Å². The summed E-state index contributed by atoms with van der Waals surface area (Å²) in [6, 6.07) is 0. The van der Waals surface area contributed by atoms with E-state index >= 15 is 0 Å². The average Bonchev–Trinajstić information content (AvgIpc) is 2.79. The molecule has 0 aliphatic carbocycles. The Kier molecular flexibility index (Phi) is 7.87. The fourth-order valence-electron chi connectivity index (χ4n) is 1.76. The predicted octanol–water partition coefficient (Wildman–Crippen LogP) is 2.29. The van der Waals surface area contributed by atoms with E-state index in [9.17, 15) is 0 Å². The molecule has 7 heteroatoms. The van der Waals surface area contributed by atoms with Gasteiger partial charge in [0.2, 0.25) is 0 Å². The third-order valence-electron chi connectivity index (χ3n) is 2.88. The molecule has 1 aromatic heterocycles. The molecule has 0 bridgehead atoms. The van der Waals surface area contributed by atoms with E-state index in [2.05, 4.69) is 10.4 Å². The van der Waals surface area contributed by atoms with Crippen molar-refractivity contribution in [1.29, 1.82) is 0 Å². The number of nitrogens with one attached hydrogen (secondary N) is 1. The maximum atomic E-state index is 6.14. The molecule has 0 fully saturated rings. The Morgan fingerprint density at radius 3 is 2.95 bits per heavy atom. The van der Waals surface area contributed by atoms with Crippen LogP contribution < -0.4 is 5.32 Å². The lowest BCUT2D eigenvalue weighted by atomic mass is 10.4. The summed E-state index contributed by atoms with van der Waals surface area (Å²) in [5.41, 5.74) is 0.982. The van der Waals surface area contributed by atoms with Gasteiger partial charge in [-0.1, -0.05) is 11.6 Å². The Morgan fingerprint density at radius 2 is 2.30 bits per heavy atom. The highest BCUT2D eigenvalue weighted by Crippen LogP contribution is 2.16. The van der Waals surface area contributed by atoms with Crippen molar-refractivity contribution in [3.05, 3.63) is 16.9 Å². The third-order valence-corrected chi connectivity index (χ3v) is 3.65. The molecule has 1 N–H and O–H groups in total. The summed E-state index contributed by atoms with van der Waals surface area (Å²) in [6.07, 6.45) is 2.61. The molecular formula is C13H23ClN4OS. The second-order valence-corrected chi connectivity index (χ2v) is 5.19. The molecule has 1 rings (SSSR count). The number of aryl methyl sites for hydroxylation is 1. The number of hydrogen-bond donors (Lipinski definition) is 1. The highest BCUT2D eigenvalue weighted by molar-refractivity contribution is 7.80. The van der Waals surface area contributed by atoms with E-state index in [4.69, 9.17) is 28.6 Å². The van der Waals surface area contributed by atoms with Gasteiger partial charge in [-0.25, -0.2) is 0 Å². The van der Waals surface area contributed by atoms with Crippen LogP contribution >= 0.6 is 23.8 Å². The van der Waals surface area contributed by atoms with Gasteiger partial charge in [-0.15, -0.1) is 0 Å². The number of ether oxygens (including phenoxy) is 1. The molecule has 20 heavy (non-hydrogen) atoms. The molecule has 0 saturated heterocycles. The quantitative estimate of drug-likeness (QED) is 0.588. The van der Waals surface area contributed by atoms with Crippen molar-refractivity contribution in [2.45, 2.75) is 33.4 Å². The molecular weight excluding hydrogens is 296 g/mol. The number of rotatable bonds is 8. The maximum Gasteiger partial charge on any atom is 0.169 e. The van der Waals surface area contributed by atoms with Gasteiger partial charge in [-0.2, -0.15) is 5.10 Å². The summed E-state index contributed by atoms with van der Waals surface area (Å²) in [6.45, 7) is 7.79. The van der Waals surface area contributed by atoms with Crippen molar-refractivity contribution in [1.82, 2.24) is 20.0 Å². The van der Waals surface area contributed by atoms with Crippen LogP contribution in [0.2, 0.25) is 5.02 Å². The molecule has 0 saturated carbocycles. The van der Waals surface area contributed by atoms with E-state index in [1.54, 1.807) is 6.20 Å². The first-order chi connectivity index (χ1) is 9.60. The fourth-order valence-corrected chi connectivity index (χ4v) is 2.13. The summed E-state index contributed by atoms with van der Waals surface area (Å²) in [7, 11) is 1.95. The molecule has 114 valence electrons. The van der Waals surface area contributed by atoms with Crippen LogP contribution in [-0.4, -0.2) is 46.6 Å². The van der Waals surface area contributed by atoms with Gasteiger partial charge >= 0.3 is 0 Å². The number of hydrogen-bond acceptors (Lipinski definition) is 3. The van der Waals surface area contributed by atoms with Crippen molar-refractivity contribution < 1.29 is 4.74 Å². The molecule has 0 amide bonds. The van der Waals surface area contributed by atoms with E-state index in [0.717, 1.165) is 38.4 Å². The number of nitrogens with zero attached hydrogens (tertiary/aromatic N) is 3. The summed E-state index contributed by atoms with van der Waals surface area (Å²) in [5.74, 6) is 0. The first-order valence-corrected chi connectivity index (χ1v) is 7.65. The van der Waals surface area contributed by atoms with Gasteiger partial charge in [0.25, 0.3) is 0 Å². The van der Waals surface area contributed by atoms with Crippen molar-refractivity contribution in [2.75, 3.05) is 26.8 Å². The largest absolute Gasteiger partial charge is 0.382 e. The van der Waals surface area contributed by atoms with Crippen molar-refractivity contribution in [3.8, 4) is 0 Å². The second kappa shape index (κ2) is 9.15. The zero-order valence-corrected chi connectivity index (χ0v) is 13.9. The van der Waals surface area contributed by atoms with Crippen LogP contribution in [0.15, 0.2) is 6.20 Å². The summed E-state index contributed by atoms with van der Waals surface area (Å²) in [4.78, 5) is 1.96. The standard InChI is InChI=1S/C13H23ClN4OS/c1-4-18-12(11(14)9-16-18)10-17(3)13(20)15-7-6-8-19-5-2/h9H,4-8,10H2,1-3H3,(H,15,20). The van der Waals surface area contributed by atoms with Crippen molar-refractivity contribution >= 4 is 28.9 Å². The van der Waals surface area contributed by atoms with E-state index in [1.165, 1.54) is 0 Å². The molecule has 0 spiro atoms. The topological polar surface area (TPSA) is 42.3 Å². The van der Waals surface area contributed by atoms with Crippen LogP contribution in [-0.2, 0) is 17.8 Å². The molecule has 0 unspecified atom stereocenters. The molecule has 0 atom stereocenters.